The highest BCUT2D eigenvalue weighted by Crippen LogP contribution is 2.09. The molecule has 0 bridgehead atoms. The van der Waals surface area contributed by atoms with Gasteiger partial charge in [-0.05, 0) is 13.3 Å². The van der Waals surface area contributed by atoms with Crippen LogP contribution in [0.15, 0.2) is 0 Å². The zero-order chi connectivity index (χ0) is 5.28. The maximum absolute atomic E-state index is 5.10. The van der Waals surface area contributed by atoms with Crippen LogP contribution in [0.2, 0.25) is 0 Å². The predicted octanol–water partition coefficient (Wildman–Crippen LogP) is 0.642. The largest absolute Gasteiger partial charge is 0.299 e. The zero-order valence-electron chi connectivity index (χ0n) is 4.85. The molecule has 1 atom stereocenters. The van der Waals surface area contributed by atoms with Gasteiger partial charge in [-0.25, -0.2) is 0 Å². The average Bonchev–Trinajstić information content (AvgIpc) is 1.91. The van der Waals surface area contributed by atoms with E-state index in [1.807, 2.05) is 12.1 Å². The molecule has 1 fully saturated rings. The Morgan fingerprint density at radius 2 is 2.43 bits per heavy atom. The van der Waals surface area contributed by atoms with E-state index in [9.17, 15) is 0 Å². The molecular formula is C5H11NO. The van der Waals surface area contributed by atoms with Gasteiger partial charge in [0.2, 0.25) is 0 Å². The van der Waals surface area contributed by atoms with Crippen molar-refractivity contribution in [2.24, 2.45) is 0 Å². The minimum Gasteiger partial charge on any atom is -0.299 e. The van der Waals surface area contributed by atoms with E-state index in [4.69, 9.17) is 4.84 Å². The topological polar surface area (TPSA) is 12.5 Å². The van der Waals surface area contributed by atoms with Gasteiger partial charge in [-0.1, -0.05) is 0 Å². The van der Waals surface area contributed by atoms with Crippen LogP contribution in [-0.4, -0.2) is 24.8 Å². The summed E-state index contributed by atoms with van der Waals surface area (Å²) in [6, 6.07) is 0.625. The van der Waals surface area contributed by atoms with E-state index in [1.54, 1.807) is 0 Å². The summed E-state index contributed by atoms with van der Waals surface area (Å²) in [4.78, 5) is 5.10. The van der Waals surface area contributed by atoms with Crippen molar-refractivity contribution in [1.29, 1.82) is 0 Å². The minimum absolute atomic E-state index is 0.625. The third kappa shape index (κ3) is 0.924. The Labute approximate surface area is 44.0 Å². The number of hydrogen-bond donors (Lipinski definition) is 0. The number of hydroxylamine groups is 2. The van der Waals surface area contributed by atoms with Gasteiger partial charge in [0, 0.05) is 13.1 Å². The highest BCUT2D eigenvalue weighted by molar-refractivity contribution is 4.59. The molecule has 1 aliphatic rings. The van der Waals surface area contributed by atoms with Gasteiger partial charge in [0.15, 0.2) is 0 Å². The first kappa shape index (κ1) is 5.06. The van der Waals surface area contributed by atoms with Crippen LogP contribution in [0.3, 0.4) is 0 Å². The quantitative estimate of drug-likeness (QED) is 0.444. The van der Waals surface area contributed by atoms with Crippen LogP contribution in [-0.2, 0) is 4.84 Å². The van der Waals surface area contributed by atoms with Gasteiger partial charge < -0.3 is 0 Å². The van der Waals surface area contributed by atoms with Crippen molar-refractivity contribution in [3.8, 4) is 0 Å². The molecule has 0 unspecified atom stereocenters. The summed E-state index contributed by atoms with van der Waals surface area (Å²) >= 11 is 0. The molecule has 0 aromatic heterocycles. The molecule has 0 N–H and O–H groups in total. The number of nitrogens with zero attached hydrogens (tertiary/aromatic N) is 1. The molecule has 0 saturated carbocycles. The molecule has 2 nitrogen and oxygen atoms in total. The first-order valence-electron chi connectivity index (χ1n) is 2.66. The fourth-order valence-corrected chi connectivity index (χ4v) is 0.676. The lowest BCUT2D eigenvalue weighted by Gasteiger charge is -2.10. The summed E-state index contributed by atoms with van der Waals surface area (Å²) in [6.07, 6.45) is 1.18. The second-order valence-corrected chi connectivity index (χ2v) is 2.02. The SMILES string of the molecule is C[C@@H]1CCON1C. The Bertz CT molecular complexity index is 57.1. The lowest BCUT2D eigenvalue weighted by Crippen LogP contribution is -2.19. The standard InChI is InChI=1S/C5H11NO/c1-5-3-4-7-6(5)2/h5H,3-4H2,1-2H3/t5-/m1/s1. The first-order valence-corrected chi connectivity index (χ1v) is 2.66. The van der Waals surface area contributed by atoms with Crippen LogP contribution in [0.25, 0.3) is 0 Å². The van der Waals surface area contributed by atoms with Gasteiger partial charge in [0.1, 0.15) is 0 Å². The van der Waals surface area contributed by atoms with Crippen molar-refractivity contribution in [3.05, 3.63) is 0 Å². The second kappa shape index (κ2) is 1.80. The Hall–Kier alpha value is -0.0800. The predicted molar refractivity (Wildman–Crippen MR) is 27.8 cm³/mol. The summed E-state index contributed by atoms with van der Waals surface area (Å²) in [6.45, 7) is 3.06. The number of hydrogen-bond acceptors (Lipinski definition) is 2. The highest BCUT2D eigenvalue weighted by Gasteiger charge is 2.15. The maximum Gasteiger partial charge on any atom is 0.0700 e. The van der Waals surface area contributed by atoms with E-state index < -0.39 is 0 Å². The van der Waals surface area contributed by atoms with Crippen molar-refractivity contribution in [1.82, 2.24) is 5.06 Å². The normalized spacial score (nSPS) is 34.3. The maximum atomic E-state index is 5.10. The summed E-state index contributed by atoms with van der Waals surface area (Å²) < 4.78 is 0. The Balaban J connectivity index is 2.33. The molecule has 0 amide bonds. The summed E-state index contributed by atoms with van der Waals surface area (Å²) in [7, 11) is 1.97. The van der Waals surface area contributed by atoms with Gasteiger partial charge in [-0.2, -0.15) is 5.06 Å². The van der Waals surface area contributed by atoms with E-state index in [2.05, 4.69) is 6.92 Å². The van der Waals surface area contributed by atoms with E-state index in [-0.39, 0.29) is 0 Å². The van der Waals surface area contributed by atoms with Crippen LogP contribution in [0.5, 0.6) is 0 Å². The van der Waals surface area contributed by atoms with Gasteiger partial charge in [0.05, 0.1) is 6.61 Å². The minimum atomic E-state index is 0.625. The lowest BCUT2D eigenvalue weighted by molar-refractivity contribution is -0.106. The molecule has 42 valence electrons. The fourth-order valence-electron chi connectivity index (χ4n) is 0.676. The molecular weight excluding hydrogens is 90.1 g/mol. The van der Waals surface area contributed by atoms with E-state index in [1.165, 1.54) is 6.42 Å². The van der Waals surface area contributed by atoms with Crippen LogP contribution < -0.4 is 0 Å². The third-order valence-electron chi connectivity index (χ3n) is 1.45. The molecule has 0 radical (unpaired) electrons. The van der Waals surface area contributed by atoms with Gasteiger partial charge >= 0.3 is 0 Å². The molecule has 0 aromatic carbocycles. The molecule has 0 aliphatic carbocycles. The summed E-state index contributed by atoms with van der Waals surface area (Å²) in [5, 5.41) is 1.90. The Morgan fingerprint density at radius 1 is 1.71 bits per heavy atom. The fraction of sp³-hybridized carbons (Fsp3) is 1.00. The van der Waals surface area contributed by atoms with Gasteiger partial charge in [0.25, 0.3) is 0 Å². The smallest absolute Gasteiger partial charge is 0.0700 e. The Kier molecular flexibility index (Phi) is 1.30. The van der Waals surface area contributed by atoms with E-state index >= 15 is 0 Å². The Morgan fingerprint density at radius 3 is 2.57 bits per heavy atom. The molecule has 1 rings (SSSR count). The van der Waals surface area contributed by atoms with Crippen LogP contribution in [0.4, 0.5) is 0 Å². The molecule has 1 heterocycles. The molecule has 0 aromatic rings. The molecule has 0 spiro atoms. The monoisotopic (exact) mass is 101 g/mol. The third-order valence-corrected chi connectivity index (χ3v) is 1.45. The summed E-state index contributed by atoms with van der Waals surface area (Å²) in [5.74, 6) is 0. The van der Waals surface area contributed by atoms with Crippen LogP contribution >= 0.6 is 0 Å². The molecule has 7 heavy (non-hydrogen) atoms. The average molecular weight is 101 g/mol. The van der Waals surface area contributed by atoms with Gasteiger partial charge in [-0.3, -0.25) is 4.84 Å². The summed E-state index contributed by atoms with van der Waals surface area (Å²) in [5.41, 5.74) is 0. The number of rotatable bonds is 0. The van der Waals surface area contributed by atoms with Gasteiger partial charge in [-0.15, -0.1) is 0 Å². The second-order valence-electron chi connectivity index (χ2n) is 2.02. The highest BCUT2D eigenvalue weighted by atomic mass is 16.7. The van der Waals surface area contributed by atoms with E-state index in [0.717, 1.165) is 6.61 Å². The van der Waals surface area contributed by atoms with Crippen molar-refractivity contribution >= 4 is 0 Å². The molecule has 1 saturated heterocycles. The first-order chi connectivity index (χ1) is 3.30. The lowest BCUT2D eigenvalue weighted by atomic mass is 10.3. The van der Waals surface area contributed by atoms with Crippen molar-refractivity contribution in [2.75, 3.05) is 13.7 Å². The van der Waals surface area contributed by atoms with Crippen LogP contribution in [0, 0.1) is 0 Å². The van der Waals surface area contributed by atoms with Crippen molar-refractivity contribution in [2.45, 2.75) is 19.4 Å². The van der Waals surface area contributed by atoms with E-state index in [0.29, 0.717) is 6.04 Å². The molecule has 1 aliphatic heterocycles. The van der Waals surface area contributed by atoms with Crippen LogP contribution in [0.1, 0.15) is 13.3 Å². The molecule has 2 heteroatoms. The zero-order valence-corrected chi connectivity index (χ0v) is 4.85. The van der Waals surface area contributed by atoms with Crippen molar-refractivity contribution in [3.63, 3.8) is 0 Å². The van der Waals surface area contributed by atoms with Crippen molar-refractivity contribution < 1.29 is 4.84 Å².